The average Bonchev–Trinajstić information content (AvgIpc) is 2.99. The van der Waals surface area contributed by atoms with Gasteiger partial charge in [0.2, 0.25) is 0 Å². The molecular formula is C17H31NO2. The van der Waals surface area contributed by atoms with Gasteiger partial charge in [-0.25, -0.2) is 0 Å². The molecule has 116 valence electrons. The summed E-state index contributed by atoms with van der Waals surface area (Å²) in [5.74, 6) is 0.741. The molecule has 0 bridgehead atoms. The van der Waals surface area contributed by atoms with E-state index in [0.29, 0.717) is 12.1 Å². The van der Waals surface area contributed by atoms with Crippen LogP contribution in [0.25, 0.3) is 0 Å². The van der Waals surface area contributed by atoms with Gasteiger partial charge in [-0.15, -0.1) is 0 Å². The lowest BCUT2D eigenvalue weighted by molar-refractivity contribution is -0.127. The van der Waals surface area contributed by atoms with Gasteiger partial charge >= 0.3 is 0 Å². The van der Waals surface area contributed by atoms with Gasteiger partial charge in [-0.2, -0.15) is 0 Å². The summed E-state index contributed by atoms with van der Waals surface area (Å²) in [4.78, 5) is 0. The molecule has 0 amide bonds. The Morgan fingerprint density at radius 1 is 1.10 bits per heavy atom. The van der Waals surface area contributed by atoms with Gasteiger partial charge in [0, 0.05) is 19.3 Å². The monoisotopic (exact) mass is 281 g/mol. The molecule has 2 saturated heterocycles. The summed E-state index contributed by atoms with van der Waals surface area (Å²) in [7, 11) is 0. The van der Waals surface area contributed by atoms with Crippen molar-refractivity contribution in [2.75, 3.05) is 19.8 Å². The second kappa shape index (κ2) is 6.76. The molecule has 0 radical (unpaired) electrons. The van der Waals surface area contributed by atoms with Crippen molar-refractivity contribution in [2.24, 2.45) is 5.92 Å². The summed E-state index contributed by atoms with van der Waals surface area (Å²) >= 11 is 0. The number of ether oxygens (including phenoxy) is 2. The number of nitrogens with one attached hydrogen (secondary N) is 1. The molecule has 20 heavy (non-hydrogen) atoms. The molecule has 3 atom stereocenters. The van der Waals surface area contributed by atoms with E-state index in [4.69, 9.17) is 9.47 Å². The lowest BCUT2D eigenvalue weighted by Gasteiger charge is -2.46. The number of hydrogen-bond acceptors (Lipinski definition) is 3. The molecule has 3 fully saturated rings. The second-order valence-corrected chi connectivity index (χ2v) is 6.98. The van der Waals surface area contributed by atoms with E-state index in [1.54, 1.807) is 0 Å². The van der Waals surface area contributed by atoms with Crippen LogP contribution in [-0.2, 0) is 9.47 Å². The molecule has 1 aliphatic carbocycles. The summed E-state index contributed by atoms with van der Waals surface area (Å²) in [5.41, 5.74) is 0.216. The zero-order chi connectivity index (χ0) is 13.8. The topological polar surface area (TPSA) is 30.5 Å². The Hall–Kier alpha value is -0.120. The highest BCUT2D eigenvalue weighted by molar-refractivity contribution is 4.95. The van der Waals surface area contributed by atoms with E-state index in [0.717, 1.165) is 25.7 Å². The van der Waals surface area contributed by atoms with Crippen LogP contribution in [0.4, 0.5) is 0 Å². The Morgan fingerprint density at radius 3 is 2.65 bits per heavy atom. The van der Waals surface area contributed by atoms with Crippen LogP contribution >= 0.6 is 0 Å². The third-order valence-electron chi connectivity index (χ3n) is 5.61. The van der Waals surface area contributed by atoms with E-state index in [-0.39, 0.29) is 5.60 Å². The van der Waals surface area contributed by atoms with E-state index in [9.17, 15) is 0 Å². The van der Waals surface area contributed by atoms with Crippen LogP contribution in [0.2, 0.25) is 0 Å². The van der Waals surface area contributed by atoms with E-state index < -0.39 is 0 Å². The summed E-state index contributed by atoms with van der Waals surface area (Å²) in [6.45, 7) is 5.19. The molecule has 3 nitrogen and oxygen atoms in total. The third kappa shape index (κ3) is 3.20. The van der Waals surface area contributed by atoms with Crippen molar-refractivity contribution < 1.29 is 9.47 Å². The normalized spacial score (nSPS) is 35.2. The molecule has 2 heterocycles. The second-order valence-electron chi connectivity index (χ2n) is 6.98. The highest BCUT2D eigenvalue weighted by atomic mass is 16.5. The van der Waals surface area contributed by atoms with Crippen LogP contribution in [-0.4, -0.2) is 37.5 Å². The maximum Gasteiger partial charge on any atom is 0.0731 e. The smallest absolute Gasteiger partial charge is 0.0731 e. The van der Waals surface area contributed by atoms with Crippen molar-refractivity contribution in [1.82, 2.24) is 5.32 Å². The lowest BCUT2D eigenvalue weighted by atomic mass is 9.73. The lowest BCUT2D eigenvalue weighted by Crippen LogP contribution is -2.51. The quantitative estimate of drug-likeness (QED) is 0.858. The molecule has 1 saturated carbocycles. The third-order valence-corrected chi connectivity index (χ3v) is 5.61. The minimum absolute atomic E-state index is 0.216. The maximum absolute atomic E-state index is 6.26. The molecule has 1 spiro atoms. The SMILES string of the molecule is CCNC(C1CCOC2(CCCCC2)C1)C1CCCO1. The van der Waals surface area contributed by atoms with Crippen LogP contribution in [0.1, 0.15) is 64.7 Å². The molecule has 0 aromatic heterocycles. The van der Waals surface area contributed by atoms with Crippen molar-refractivity contribution in [3.63, 3.8) is 0 Å². The van der Waals surface area contributed by atoms with E-state index in [1.807, 2.05) is 0 Å². The Balaban J connectivity index is 1.66. The molecule has 3 aliphatic rings. The summed E-state index contributed by atoms with van der Waals surface area (Å²) in [5, 5.41) is 3.74. The number of rotatable bonds is 4. The van der Waals surface area contributed by atoms with Crippen LogP contribution in [0.15, 0.2) is 0 Å². The summed E-state index contributed by atoms with van der Waals surface area (Å²) < 4.78 is 12.3. The summed E-state index contributed by atoms with van der Waals surface area (Å²) in [6.07, 6.45) is 12.1. The zero-order valence-corrected chi connectivity index (χ0v) is 13.0. The number of hydrogen-bond donors (Lipinski definition) is 1. The first-order valence-electron chi connectivity index (χ1n) is 8.82. The Bertz CT molecular complexity index is 290. The van der Waals surface area contributed by atoms with Crippen molar-refractivity contribution >= 4 is 0 Å². The standard InChI is InChI=1S/C17H31NO2/c1-2-18-16(15-7-6-11-19-15)14-8-12-20-17(13-14)9-4-3-5-10-17/h14-16,18H,2-13H2,1H3. The van der Waals surface area contributed by atoms with E-state index in [2.05, 4.69) is 12.2 Å². The number of likely N-dealkylation sites (N-methyl/N-ethyl adjacent to an activating group) is 1. The molecule has 3 heteroatoms. The van der Waals surface area contributed by atoms with Gasteiger partial charge < -0.3 is 14.8 Å². The Morgan fingerprint density at radius 2 is 1.95 bits per heavy atom. The van der Waals surface area contributed by atoms with E-state index >= 15 is 0 Å². The highest BCUT2D eigenvalue weighted by Crippen LogP contribution is 2.42. The van der Waals surface area contributed by atoms with Crippen LogP contribution in [0, 0.1) is 5.92 Å². The zero-order valence-electron chi connectivity index (χ0n) is 13.0. The average molecular weight is 281 g/mol. The Labute approximate surface area is 123 Å². The van der Waals surface area contributed by atoms with Crippen molar-refractivity contribution in [3.05, 3.63) is 0 Å². The summed E-state index contributed by atoms with van der Waals surface area (Å²) in [6, 6.07) is 0.546. The van der Waals surface area contributed by atoms with E-state index in [1.165, 1.54) is 57.8 Å². The van der Waals surface area contributed by atoms with Gasteiger partial charge in [-0.3, -0.25) is 0 Å². The predicted octanol–water partition coefficient (Wildman–Crippen LogP) is 3.27. The highest BCUT2D eigenvalue weighted by Gasteiger charge is 2.42. The van der Waals surface area contributed by atoms with Crippen LogP contribution in [0.5, 0.6) is 0 Å². The molecule has 3 rings (SSSR count). The minimum Gasteiger partial charge on any atom is -0.377 e. The van der Waals surface area contributed by atoms with Gasteiger partial charge in [0.1, 0.15) is 0 Å². The molecular weight excluding hydrogens is 250 g/mol. The first-order valence-corrected chi connectivity index (χ1v) is 8.82. The van der Waals surface area contributed by atoms with Crippen LogP contribution in [0.3, 0.4) is 0 Å². The Kier molecular flexibility index (Phi) is 5.00. The predicted molar refractivity (Wildman–Crippen MR) is 80.9 cm³/mol. The first kappa shape index (κ1) is 14.8. The van der Waals surface area contributed by atoms with Gasteiger partial charge in [0.05, 0.1) is 11.7 Å². The largest absolute Gasteiger partial charge is 0.377 e. The molecule has 3 unspecified atom stereocenters. The molecule has 0 aromatic carbocycles. The van der Waals surface area contributed by atoms with Gasteiger partial charge in [-0.1, -0.05) is 26.2 Å². The van der Waals surface area contributed by atoms with Crippen molar-refractivity contribution in [1.29, 1.82) is 0 Å². The van der Waals surface area contributed by atoms with Crippen molar-refractivity contribution in [2.45, 2.75) is 82.5 Å². The first-order chi connectivity index (χ1) is 9.83. The molecule has 1 N–H and O–H groups in total. The fourth-order valence-corrected chi connectivity index (χ4v) is 4.64. The minimum atomic E-state index is 0.216. The van der Waals surface area contributed by atoms with Gasteiger partial charge in [-0.05, 0) is 51.0 Å². The van der Waals surface area contributed by atoms with Gasteiger partial charge in [0.25, 0.3) is 0 Å². The van der Waals surface area contributed by atoms with Crippen LogP contribution < -0.4 is 5.32 Å². The van der Waals surface area contributed by atoms with Gasteiger partial charge in [0.15, 0.2) is 0 Å². The maximum atomic E-state index is 6.26. The fourth-order valence-electron chi connectivity index (χ4n) is 4.64. The van der Waals surface area contributed by atoms with Crippen molar-refractivity contribution in [3.8, 4) is 0 Å². The molecule has 0 aromatic rings. The fraction of sp³-hybridized carbons (Fsp3) is 1.00. The molecule has 2 aliphatic heterocycles.